The number of phenols is 2. The first-order chi connectivity index (χ1) is 10.1. The quantitative estimate of drug-likeness (QED) is 0.120. The molecule has 7 nitrogen and oxygen atoms in total. The molecule has 128 valence electrons. The summed E-state index contributed by atoms with van der Waals surface area (Å²) >= 11 is 0.339. The third kappa shape index (κ3) is 12.0. The van der Waals surface area contributed by atoms with Gasteiger partial charge in [0.05, 0.1) is 5.56 Å². The van der Waals surface area contributed by atoms with Crippen LogP contribution in [0.4, 0.5) is 0 Å². The van der Waals surface area contributed by atoms with Gasteiger partial charge in [-0.25, -0.2) is 0 Å². The molecule has 0 heterocycles. The summed E-state index contributed by atoms with van der Waals surface area (Å²) < 4.78 is 3.42. The number of rotatable bonds is 4. The molecule has 0 radical (unpaired) electrons. The van der Waals surface area contributed by atoms with Crippen molar-refractivity contribution in [3.63, 3.8) is 0 Å². The van der Waals surface area contributed by atoms with E-state index in [9.17, 15) is 20.3 Å². The number of hydrogen-bond donors (Lipinski definition) is 3. The van der Waals surface area contributed by atoms with Crippen LogP contribution in [-0.2, 0) is 4.33 Å². The zero-order chi connectivity index (χ0) is 15.7. The SMILES string of the molecule is C.O=Cc1ccccc1O.[Na+].[Na+].[O-]OSC(O)c1ccccc1O.[OH-]. The normalized spacial score (nSPS) is 9.36. The zero-order valence-corrected chi connectivity index (χ0v) is 18.0. The van der Waals surface area contributed by atoms with Crippen LogP contribution in [0.25, 0.3) is 0 Å². The summed E-state index contributed by atoms with van der Waals surface area (Å²) in [5.41, 5.74) is -0.556. The largest absolute Gasteiger partial charge is 1.00 e. The molecule has 10 heteroatoms. The Morgan fingerprint density at radius 1 is 1.00 bits per heavy atom. The number of aliphatic hydroxyl groups excluding tert-OH is 1. The van der Waals surface area contributed by atoms with Gasteiger partial charge in [-0.3, -0.25) is 4.79 Å². The molecule has 0 bridgehead atoms. The molecule has 25 heavy (non-hydrogen) atoms. The first kappa shape index (κ1) is 32.6. The van der Waals surface area contributed by atoms with E-state index in [1.807, 2.05) is 0 Å². The molecule has 4 N–H and O–H groups in total. The number of phenolic OH excluding ortho intramolecular Hbond substituents is 2. The van der Waals surface area contributed by atoms with Crippen LogP contribution in [0, 0.1) is 0 Å². The maximum absolute atomic E-state index is 10.1. The molecule has 2 aromatic rings. The van der Waals surface area contributed by atoms with Gasteiger partial charge in [0, 0.05) is 17.6 Å². The molecule has 0 aliphatic heterocycles. The van der Waals surface area contributed by atoms with Crippen molar-refractivity contribution in [3.05, 3.63) is 59.7 Å². The minimum Gasteiger partial charge on any atom is -0.870 e. The molecule has 0 aromatic heterocycles. The second-order valence-corrected chi connectivity index (χ2v) is 4.53. The Kier molecular flexibility index (Phi) is 24.3. The number of benzene rings is 2. The predicted molar refractivity (Wildman–Crippen MR) is 83.9 cm³/mol. The van der Waals surface area contributed by atoms with Crippen LogP contribution >= 0.6 is 12.0 Å². The summed E-state index contributed by atoms with van der Waals surface area (Å²) in [5.74, 6) is -0.0259. The number of aldehydes is 1. The monoisotopic (exact) mass is 388 g/mol. The van der Waals surface area contributed by atoms with E-state index in [0.717, 1.165) is 0 Å². The summed E-state index contributed by atoms with van der Waals surface area (Å²) in [6.07, 6.45) is 0.620. The molecule has 1 atom stereocenters. The van der Waals surface area contributed by atoms with E-state index in [2.05, 4.69) is 4.33 Å². The molecule has 0 fully saturated rings. The molecular weight excluding hydrogens is 370 g/mol. The van der Waals surface area contributed by atoms with Crippen LogP contribution in [0.5, 0.6) is 11.5 Å². The smallest absolute Gasteiger partial charge is 0.870 e. The number of carbonyl (C=O) groups excluding carboxylic acids is 1. The first-order valence-electron chi connectivity index (χ1n) is 5.74. The number of carbonyl (C=O) groups is 1. The second kappa shape index (κ2) is 18.7. The molecule has 1 unspecified atom stereocenters. The van der Waals surface area contributed by atoms with Crippen LogP contribution < -0.4 is 64.4 Å². The maximum atomic E-state index is 10.1. The number of aliphatic hydroxyl groups is 1. The van der Waals surface area contributed by atoms with E-state index in [4.69, 9.17) is 5.11 Å². The Bertz CT molecular complexity index is 587. The third-order valence-corrected chi connectivity index (χ3v) is 2.91. The Morgan fingerprint density at radius 3 is 1.88 bits per heavy atom. The van der Waals surface area contributed by atoms with Gasteiger partial charge < -0.3 is 30.4 Å². The summed E-state index contributed by atoms with van der Waals surface area (Å²) in [6.45, 7) is 0. The first-order valence-corrected chi connectivity index (χ1v) is 6.55. The minimum absolute atomic E-state index is 0. The van der Waals surface area contributed by atoms with Gasteiger partial charge >= 0.3 is 59.1 Å². The van der Waals surface area contributed by atoms with Crippen molar-refractivity contribution in [2.24, 2.45) is 0 Å². The molecule has 0 saturated carbocycles. The van der Waals surface area contributed by atoms with Crippen LogP contribution in [0.3, 0.4) is 0 Å². The van der Waals surface area contributed by atoms with Crippen molar-refractivity contribution >= 4 is 18.3 Å². The van der Waals surface area contributed by atoms with E-state index in [1.165, 1.54) is 18.2 Å². The average molecular weight is 388 g/mol. The zero-order valence-electron chi connectivity index (χ0n) is 13.2. The molecule has 0 spiro atoms. The van der Waals surface area contributed by atoms with Crippen molar-refractivity contribution in [3.8, 4) is 11.5 Å². The van der Waals surface area contributed by atoms with Gasteiger partial charge in [0.2, 0.25) is 0 Å². The van der Waals surface area contributed by atoms with Crippen molar-refractivity contribution in [2.45, 2.75) is 12.9 Å². The van der Waals surface area contributed by atoms with Crippen LogP contribution in [-0.4, -0.2) is 27.1 Å². The fourth-order valence-corrected chi connectivity index (χ4v) is 1.75. The summed E-state index contributed by atoms with van der Waals surface area (Å²) in [4.78, 5) is 10.1. The Labute approximate surface area is 195 Å². The Morgan fingerprint density at radius 2 is 1.48 bits per heavy atom. The fourth-order valence-electron chi connectivity index (χ4n) is 1.37. The van der Waals surface area contributed by atoms with Crippen molar-refractivity contribution in [2.75, 3.05) is 0 Å². The van der Waals surface area contributed by atoms with E-state index in [-0.39, 0.29) is 89.1 Å². The third-order valence-electron chi connectivity index (χ3n) is 2.40. The molecule has 0 aliphatic carbocycles. The number of hydrogen-bond acceptors (Lipinski definition) is 8. The van der Waals surface area contributed by atoms with Crippen LogP contribution in [0.2, 0.25) is 0 Å². The average Bonchev–Trinajstić information content (AvgIpc) is 2.49. The Hall–Kier alpha value is -0.100. The minimum atomic E-state index is -1.15. The molecule has 2 rings (SSSR count). The standard InChI is InChI=1S/C7H8O4S.C7H6O2.CH4.2Na.H2O/c8-6-4-2-1-3-5(6)7(9)12-11-10;8-5-6-3-1-2-4-7(6)9;;;;/h1-4,7-10H;1-5,9H;1H4;;;1H2/q;;;2*+1;/p-2. The van der Waals surface area contributed by atoms with E-state index in [0.29, 0.717) is 23.9 Å². The maximum Gasteiger partial charge on any atom is 1.00 e. The van der Waals surface area contributed by atoms with Gasteiger partial charge in [0.25, 0.3) is 0 Å². The van der Waals surface area contributed by atoms with Gasteiger partial charge in [-0.15, -0.1) is 0 Å². The number of para-hydroxylation sites is 2. The summed E-state index contributed by atoms with van der Waals surface area (Å²) in [5, 5.41) is 36.9. The number of aromatic hydroxyl groups is 2. The van der Waals surface area contributed by atoms with Gasteiger partial charge in [-0.2, -0.15) is 0 Å². The fraction of sp³-hybridized carbons (Fsp3) is 0.133. The predicted octanol–water partition coefficient (Wildman–Crippen LogP) is -4.00. The Balaban J connectivity index is -0.000000156. The van der Waals surface area contributed by atoms with Gasteiger partial charge in [-0.1, -0.05) is 37.8 Å². The van der Waals surface area contributed by atoms with Crippen LogP contribution in [0.15, 0.2) is 48.5 Å². The molecular formula is C15H18Na2O7S. The second-order valence-electron chi connectivity index (χ2n) is 3.75. The van der Waals surface area contributed by atoms with Gasteiger partial charge in [0.15, 0.2) is 11.7 Å². The van der Waals surface area contributed by atoms with E-state index >= 15 is 0 Å². The molecule has 0 aliphatic rings. The van der Waals surface area contributed by atoms with Gasteiger partial charge in [0.1, 0.15) is 11.5 Å². The molecule has 0 amide bonds. The summed E-state index contributed by atoms with van der Waals surface area (Å²) in [7, 11) is 0. The van der Waals surface area contributed by atoms with E-state index in [1.54, 1.807) is 30.3 Å². The van der Waals surface area contributed by atoms with Gasteiger partial charge in [-0.05, 0) is 18.2 Å². The molecule has 2 aromatic carbocycles. The molecule has 0 saturated heterocycles. The van der Waals surface area contributed by atoms with Crippen LogP contribution in [0.1, 0.15) is 28.8 Å². The van der Waals surface area contributed by atoms with E-state index < -0.39 is 5.44 Å². The van der Waals surface area contributed by atoms with Crippen molar-refractivity contribution < 1.29 is 94.3 Å². The van der Waals surface area contributed by atoms with Crippen molar-refractivity contribution in [1.82, 2.24) is 0 Å². The van der Waals surface area contributed by atoms with Crippen molar-refractivity contribution in [1.29, 1.82) is 0 Å². The topological polar surface area (TPSA) is 140 Å². The summed E-state index contributed by atoms with van der Waals surface area (Å²) in [6, 6.07) is 12.6.